The summed E-state index contributed by atoms with van der Waals surface area (Å²) >= 11 is 0. The molecular formula is C19H35NO5. The lowest BCUT2D eigenvalue weighted by Crippen LogP contribution is -2.50. The van der Waals surface area contributed by atoms with E-state index in [9.17, 15) is 20.1 Å². The molecule has 1 aliphatic heterocycles. The fourth-order valence-corrected chi connectivity index (χ4v) is 3.00. The predicted octanol–water partition coefficient (Wildman–Crippen LogP) is 2.22. The van der Waals surface area contributed by atoms with Gasteiger partial charge in [-0.15, -0.1) is 0 Å². The number of carbonyl (C=O) groups excluding carboxylic acids is 1. The van der Waals surface area contributed by atoms with Crippen LogP contribution >= 0.6 is 0 Å². The van der Waals surface area contributed by atoms with Gasteiger partial charge in [0.1, 0.15) is 24.1 Å². The third-order valence-corrected chi connectivity index (χ3v) is 4.53. The summed E-state index contributed by atoms with van der Waals surface area (Å²) < 4.78 is 5.58. The summed E-state index contributed by atoms with van der Waals surface area (Å²) in [6, 6.07) is 0. The second-order valence-electron chi connectivity index (χ2n) is 7.13. The number of allylic oxidation sites excluding steroid dienone is 1. The first-order chi connectivity index (χ1) is 11.9. The number of aliphatic hydroxyl groups is 3. The monoisotopic (exact) mass is 357 g/mol. The van der Waals surface area contributed by atoms with Crippen molar-refractivity contribution in [1.82, 2.24) is 5.32 Å². The lowest BCUT2D eigenvalue weighted by atomic mass is 9.97. The first-order valence-electron chi connectivity index (χ1n) is 9.59. The van der Waals surface area contributed by atoms with Crippen LogP contribution in [0.5, 0.6) is 0 Å². The Hall–Kier alpha value is -1.11. The zero-order valence-electron chi connectivity index (χ0n) is 15.8. The fraction of sp³-hybridized carbons (Fsp3) is 0.842. The number of nitrogens with one attached hydrogen (secondary N) is 1. The Labute approximate surface area is 151 Å². The smallest absolute Gasteiger partial charge is 0.224 e. The van der Waals surface area contributed by atoms with Crippen molar-refractivity contribution in [3.8, 4) is 0 Å². The molecule has 0 spiro atoms. The molecule has 0 saturated heterocycles. The Morgan fingerprint density at radius 3 is 2.28 bits per heavy atom. The second kappa shape index (κ2) is 11.5. The third kappa shape index (κ3) is 6.96. The van der Waals surface area contributed by atoms with Gasteiger partial charge in [-0.3, -0.25) is 4.79 Å². The van der Waals surface area contributed by atoms with Gasteiger partial charge in [0, 0.05) is 12.3 Å². The van der Waals surface area contributed by atoms with E-state index in [0.29, 0.717) is 12.2 Å². The van der Waals surface area contributed by atoms with Crippen molar-refractivity contribution in [2.45, 2.75) is 90.4 Å². The van der Waals surface area contributed by atoms with E-state index in [2.05, 4.69) is 12.2 Å². The van der Waals surface area contributed by atoms with Gasteiger partial charge in [-0.25, -0.2) is 0 Å². The predicted molar refractivity (Wildman–Crippen MR) is 96.6 cm³/mol. The highest BCUT2D eigenvalue weighted by atomic mass is 16.5. The molecule has 0 fully saturated rings. The molecule has 0 aromatic rings. The van der Waals surface area contributed by atoms with Gasteiger partial charge >= 0.3 is 0 Å². The van der Waals surface area contributed by atoms with Gasteiger partial charge in [-0.1, -0.05) is 59.3 Å². The number of carbonyl (C=O) groups is 1. The summed E-state index contributed by atoms with van der Waals surface area (Å²) in [4.78, 5) is 12.2. The summed E-state index contributed by atoms with van der Waals surface area (Å²) in [5.41, 5.74) is 0.222. The Bertz CT molecular complexity index is 436. The SMILES string of the molecule is CCCCCCCCCC(=O)NC1=C(C(C)C)OC(CO)[C@@H](O)C1O. The maximum atomic E-state index is 12.2. The van der Waals surface area contributed by atoms with Gasteiger partial charge in [0.2, 0.25) is 5.91 Å². The van der Waals surface area contributed by atoms with Crippen LogP contribution in [0.4, 0.5) is 0 Å². The van der Waals surface area contributed by atoms with Crippen LogP contribution in [0, 0.1) is 5.92 Å². The van der Waals surface area contributed by atoms with Crippen molar-refractivity contribution >= 4 is 5.91 Å². The van der Waals surface area contributed by atoms with E-state index in [1.807, 2.05) is 13.8 Å². The highest BCUT2D eigenvalue weighted by Crippen LogP contribution is 2.28. The molecule has 1 heterocycles. The minimum absolute atomic E-state index is 0.0786. The molecule has 0 aromatic heterocycles. The third-order valence-electron chi connectivity index (χ3n) is 4.53. The van der Waals surface area contributed by atoms with Gasteiger partial charge < -0.3 is 25.4 Å². The molecular weight excluding hydrogens is 322 g/mol. The zero-order valence-corrected chi connectivity index (χ0v) is 15.8. The lowest BCUT2D eigenvalue weighted by Gasteiger charge is -2.36. The first-order valence-corrected chi connectivity index (χ1v) is 9.59. The molecule has 1 aliphatic rings. The number of hydrogen-bond donors (Lipinski definition) is 4. The Balaban J connectivity index is 2.52. The maximum absolute atomic E-state index is 12.2. The molecule has 6 heteroatoms. The topological polar surface area (TPSA) is 99.0 Å². The van der Waals surface area contributed by atoms with E-state index in [-0.39, 0.29) is 17.5 Å². The van der Waals surface area contributed by atoms with E-state index in [1.165, 1.54) is 25.7 Å². The molecule has 0 radical (unpaired) electrons. The van der Waals surface area contributed by atoms with Gasteiger partial charge in [0.15, 0.2) is 0 Å². The van der Waals surface area contributed by atoms with Crippen LogP contribution in [-0.4, -0.2) is 46.1 Å². The molecule has 0 bridgehead atoms. The second-order valence-corrected chi connectivity index (χ2v) is 7.13. The van der Waals surface area contributed by atoms with Gasteiger partial charge in [-0.05, 0) is 6.42 Å². The van der Waals surface area contributed by atoms with Crippen molar-refractivity contribution in [1.29, 1.82) is 0 Å². The van der Waals surface area contributed by atoms with Crippen molar-refractivity contribution < 1.29 is 24.9 Å². The fourth-order valence-electron chi connectivity index (χ4n) is 3.00. The van der Waals surface area contributed by atoms with Crippen molar-refractivity contribution in [2.75, 3.05) is 6.61 Å². The molecule has 4 N–H and O–H groups in total. The molecule has 0 aliphatic carbocycles. The van der Waals surface area contributed by atoms with Crippen LogP contribution in [0.25, 0.3) is 0 Å². The van der Waals surface area contributed by atoms with Gasteiger partial charge in [0.05, 0.1) is 12.3 Å². The number of unbranched alkanes of at least 4 members (excludes halogenated alkanes) is 6. The van der Waals surface area contributed by atoms with Gasteiger partial charge in [-0.2, -0.15) is 0 Å². The average Bonchev–Trinajstić information content (AvgIpc) is 2.58. The Morgan fingerprint density at radius 2 is 1.72 bits per heavy atom. The van der Waals surface area contributed by atoms with Gasteiger partial charge in [0.25, 0.3) is 0 Å². The number of amides is 1. The standard InChI is InChI=1S/C19H35NO5/c1-4-5-6-7-8-9-10-11-15(22)20-16-18(24)17(23)14(12-21)25-19(16)13(2)3/h13-14,17-18,21,23-24H,4-12H2,1-3H3,(H,20,22)/t14?,17-,18?/m1/s1. The van der Waals surface area contributed by atoms with Crippen molar-refractivity contribution in [3.63, 3.8) is 0 Å². The van der Waals surface area contributed by atoms with Crippen LogP contribution in [-0.2, 0) is 9.53 Å². The van der Waals surface area contributed by atoms with E-state index < -0.39 is 24.9 Å². The van der Waals surface area contributed by atoms with Crippen LogP contribution in [0.15, 0.2) is 11.5 Å². The molecule has 146 valence electrons. The van der Waals surface area contributed by atoms with E-state index >= 15 is 0 Å². The van der Waals surface area contributed by atoms with Crippen LogP contribution in [0.2, 0.25) is 0 Å². The maximum Gasteiger partial charge on any atom is 0.224 e. The molecule has 2 unspecified atom stereocenters. The highest BCUT2D eigenvalue weighted by molar-refractivity contribution is 5.78. The molecule has 25 heavy (non-hydrogen) atoms. The molecule has 1 rings (SSSR count). The Kier molecular flexibility index (Phi) is 10.1. The van der Waals surface area contributed by atoms with Crippen LogP contribution in [0.3, 0.4) is 0 Å². The minimum atomic E-state index is -1.26. The Morgan fingerprint density at radius 1 is 1.12 bits per heavy atom. The molecule has 6 nitrogen and oxygen atoms in total. The quantitative estimate of drug-likeness (QED) is 0.425. The zero-order chi connectivity index (χ0) is 18.8. The van der Waals surface area contributed by atoms with Crippen LogP contribution < -0.4 is 5.32 Å². The largest absolute Gasteiger partial charge is 0.487 e. The normalized spacial score (nSPS) is 23.7. The van der Waals surface area contributed by atoms with E-state index in [1.54, 1.807) is 0 Å². The first kappa shape index (κ1) is 21.9. The lowest BCUT2D eigenvalue weighted by molar-refractivity contribution is -0.124. The van der Waals surface area contributed by atoms with E-state index in [0.717, 1.165) is 19.3 Å². The summed E-state index contributed by atoms with van der Waals surface area (Å²) in [6.45, 7) is 5.54. The summed E-state index contributed by atoms with van der Waals surface area (Å²) in [6.07, 6.45) is 4.89. The summed E-state index contributed by atoms with van der Waals surface area (Å²) in [5, 5.41) is 32.3. The number of ether oxygens (including phenoxy) is 1. The highest BCUT2D eigenvalue weighted by Gasteiger charge is 2.39. The van der Waals surface area contributed by atoms with E-state index in [4.69, 9.17) is 4.74 Å². The molecule has 1 amide bonds. The number of rotatable bonds is 11. The number of aliphatic hydroxyl groups excluding tert-OH is 3. The minimum Gasteiger partial charge on any atom is -0.487 e. The molecule has 0 saturated carbocycles. The van der Waals surface area contributed by atoms with Crippen LogP contribution in [0.1, 0.15) is 72.1 Å². The average molecular weight is 357 g/mol. The summed E-state index contributed by atoms with van der Waals surface area (Å²) in [7, 11) is 0. The number of hydrogen-bond acceptors (Lipinski definition) is 5. The molecule has 3 atom stereocenters. The van der Waals surface area contributed by atoms with Crippen molar-refractivity contribution in [3.05, 3.63) is 11.5 Å². The molecule has 0 aromatic carbocycles. The van der Waals surface area contributed by atoms with Crippen molar-refractivity contribution in [2.24, 2.45) is 5.92 Å². The summed E-state index contributed by atoms with van der Waals surface area (Å²) in [5.74, 6) is 0.161.